The van der Waals surface area contributed by atoms with Crippen molar-refractivity contribution in [2.75, 3.05) is 0 Å². The van der Waals surface area contributed by atoms with Gasteiger partial charge in [-0.05, 0) is 42.8 Å². The van der Waals surface area contributed by atoms with Crippen molar-refractivity contribution in [1.82, 2.24) is 14.8 Å². The summed E-state index contributed by atoms with van der Waals surface area (Å²) in [5.41, 5.74) is 5.44. The molecular weight excluding hydrogens is 455 g/mol. The van der Waals surface area contributed by atoms with Crippen molar-refractivity contribution in [2.45, 2.75) is 26.1 Å². The molecule has 0 fully saturated rings. The molecule has 32 heavy (non-hydrogen) atoms. The van der Waals surface area contributed by atoms with Crippen LogP contribution >= 0.6 is 8.60 Å². The zero-order valence-electron chi connectivity index (χ0n) is 16.5. The van der Waals surface area contributed by atoms with E-state index >= 15 is 0 Å². The zero-order valence-corrected chi connectivity index (χ0v) is 17.4. The highest BCUT2D eigenvalue weighted by molar-refractivity contribution is 7.39. The van der Waals surface area contributed by atoms with Crippen LogP contribution in [0.25, 0.3) is 5.69 Å². The van der Waals surface area contributed by atoms with E-state index in [1.54, 1.807) is 0 Å². The first kappa shape index (κ1) is 23.7. The number of nitrogens with zero attached hydrogens (tertiary/aromatic N) is 3. The topological polar surface area (TPSA) is 123 Å². The third-order valence-electron chi connectivity index (χ3n) is 4.43. The lowest BCUT2D eigenvalue weighted by molar-refractivity contribution is -0.137. The van der Waals surface area contributed by atoms with Crippen LogP contribution in [-0.4, -0.2) is 30.5 Å². The van der Waals surface area contributed by atoms with Gasteiger partial charge < -0.3 is 20.0 Å². The van der Waals surface area contributed by atoms with Gasteiger partial charge in [-0.25, -0.2) is 9.07 Å². The smallest absolute Gasteiger partial charge is 0.365 e. The van der Waals surface area contributed by atoms with Crippen LogP contribution in [-0.2, 0) is 23.7 Å². The van der Waals surface area contributed by atoms with Gasteiger partial charge in [0.2, 0.25) is 0 Å². The van der Waals surface area contributed by atoms with Crippen molar-refractivity contribution in [2.24, 2.45) is 5.73 Å². The number of carbonyl (C=O) groups is 1. The molecule has 3 rings (SSSR count). The molecule has 0 aliphatic rings. The first-order valence-corrected chi connectivity index (χ1v) is 10.1. The summed E-state index contributed by atoms with van der Waals surface area (Å²) in [6.07, 6.45) is -3.44. The van der Waals surface area contributed by atoms with E-state index in [-0.39, 0.29) is 28.9 Å². The Labute approximate surface area is 180 Å². The van der Waals surface area contributed by atoms with Crippen molar-refractivity contribution < 1.29 is 36.7 Å². The summed E-state index contributed by atoms with van der Waals surface area (Å²) in [5, 5.41) is 4.23. The SMILES string of the molecule is Cc1nn(-c2ccnc(Cc3cc(F)cc(C(F)(F)F)c3)c2)c(COP(O)O)c1C(N)=O. The lowest BCUT2D eigenvalue weighted by Crippen LogP contribution is -2.15. The maximum absolute atomic E-state index is 13.7. The second-order valence-electron chi connectivity index (χ2n) is 6.74. The summed E-state index contributed by atoms with van der Waals surface area (Å²) in [6.45, 7) is 1.13. The molecule has 1 aromatic carbocycles. The third-order valence-corrected chi connectivity index (χ3v) is 4.79. The Balaban J connectivity index is 1.99. The molecule has 0 unspecified atom stereocenters. The normalized spacial score (nSPS) is 11.9. The standard InChI is InChI=1S/C19H17F4N4O4P/c1-10-17(18(24)28)16(9-31-32(29)30)27(26-10)15-2-3-25-14(8-15)6-11-4-12(19(21,22)23)7-13(20)5-11/h2-5,7-8,29-30H,6,9H2,1H3,(H2,24,28). The van der Waals surface area contributed by atoms with Crippen molar-refractivity contribution in [1.29, 1.82) is 0 Å². The number of rotatable bonds is 7. The van der Waals surface area contributed by atoms with Gasteiger partial charge >= 0.3 is 14.8 Å². The van der Waals surface area contributed by atoms with Gasteiger partial charge in [-0.2, -0.15) is 18.3 Å². The Morgan fingerprint density at radius 1 is 1.25 bits per heavy atom. The summed E-state index contributed by atoms with van der Waals surface area (Å²) in [4.78, 5) is 34.1. The number of halogens is 4. The number of pyridine rings is 1. The predicted octanol–water partition coefficient (Wildman–Crippen LogP) is 3.15. The highest BCUT2D eigenvalue weighted by Crippen LogP contribution is 2.31. The zero-order chi connectivity index (χ0) is 23.6. The number of benzene rings is 1. The fourth-order valence-corrected chi connectivity index (χ4v) is 3.42. The van der Waals surface area contributed by atoms with E-state index in [1.807, 2.05) is 0 Å². The third kappa shape index (κ3) is 5.46. The minimum absolute atomic E-state index is 0.0279. The van der Waals surface area contributed by atoms with Crippen LogP contribution in [0.1, 0.15) is 38.6 Å². The minimum atomic E-state index is -4.70. The van der Waals surface area contributed by atoms with Gasteiger partial charge in [0.25, 0.3) is 5.91 Å². The van der Waals surface area contributed by atoms with Crippen LogP contribution in [0.3, 0.4) is 0 Å². The van der Waals surface area contributed by atoms with E-state index < -0.39 is 38.7 Å². The quantitative estimate of drug-likeness (QED) is 0.359. The van der Waals surface area contributed by atoms with Crippen LogP contribution < -0.4 is 5.73 Å². The summed E-state index contributed by atoms with van der Waals surface area (Å²) in [6, 6.07) is 5.23. The predicted molar refractivity (Wildman–Crippen MR) is 105 cm³/mol. The van der Waals surface area contributed by atoms with E-state index in [2.05, 4.69) is 10.1 Å². The van der Waals surface area contributed by atoms with Gasteiger partial charge in [-0.15, -0.1) is 0 Å². The Bertz CT molecular complexity index is 1150. The van der Waals surface area contributed by atoms with Gasteiger partial charge in [-0.3, -0.25) is 9.78 Å². The molecule has 0 saturated heterocycles. The lowest BCUT2D eigenvalue weighted by atomic mass is 10.0. The van der Waals surface area contributed by atoms with Crippen molar-refractivity contribution in [3.8, 4) is 5.69 Å². The van der Waals surface area contributed by atoms with Crippen LogP contribution in [0.4, 0.5) is 17.6 Å². The minimum Gasteiger partial charge on any atom is -0.365 e. The molecule has 0 aliphatic heterocycles. The number of nitrogens with two attached hydrogens (primary N) is 1. The first-order chi connectivity index (χ1) is 15.0. The van der Waals surface area contributed by atoms with Crippen LogP contribution in [0, 0.1) is 12.7 Å². The largest absolute Gasteiger partial charge is 0.416 e. The summed E-state index contributed by atoms with van der Waals surface area (Å²) in [7, 11) is -2.72. The van der Waals surface area contributed by atoms with E-state index in [4.69, 9.17) is 20.0 Å². The van der Waals surface area contributed by atoms with Gasteiger partial charge in [0.1, 0.15) is 5.82 Å². The maximum Gasteiger partial charge on any atom is 0.416 e. The number of hydrogen-bond donors (Lipinski definition) is 3. The Kier molecular flexibility index (Phi) is 6.89. The van der Waals surface area contributed by atoms with Gasteiger partial charge in [-0.1, -0.05) is 0 Å². The first-order valence-electron chi connectivity index (χ1n) is 8.96. The molecule has 3 aromatic rings. The van der Waals surface area contributed by atoms with Gasteiger partial charge in [0.05, 0.1) is 34.8 Å². The molecule has 13 heteroatoms. The molecule has 8 nitrogen and oxygen atoms in total. The van der Waals surface area contributed by atoms with Crippen LogP contribution in [0.15, 0.2) is 36.5 Å². The molecule has 2 aromatic heterocycles. The van der Waals surface area contributed by atoms with E-state index in [9.17, 15) is 22.4 Å². The number of alkyl halides is 3. The fraction of sp³-hybridized carbons (Fsp3) is 0.211. The molecule has 4 N–H and O–H groups in total. The van der Waals surface area contributed by atoms with E-state index in [1.165, 1.54) is 29.9 Å². The second kappa shape index (κ2) is 9.29. The molecule has 0 spiro atoms. The average Bonchev–Trinajstić information content (AvgIpc) is 3.02. The van der Waals surface area contributed by atoms with Crippen molar-refractivity contribution >= 4 is 14.5 Å². The molecule has 170 valence electrons. The van der Waals surface area contributed by atoms with Crippen molar-refractivity contribution in [3.63, 3.8) is 0 Å². The number of amides is 1. The highest BCUT2D eigenvalue weighted by Gasteiger charge is 2.31. The Morgan fingerprint density at radius 2 is 1.97 bits per heavy atom. The van der Waals surface area contributed by atoms with Gasteiger partial charge in [0.15, 0.2) is 0 Å². The summed E-state index contributed by atoms with van der Waals surface area (Å²) >= 11 is 0. The number of hydrogen-bond acceptors (Lipinski definition) is 6. The molecule has 1 amide bonds. The molecular formula is C19H17F4N4O4P. The van der Waals surface area contributed by atoms with E-state index in [0.29, 0.717) is 17.4 Å². The highest BCUT2D eigenvalue weighted by atomic mass is 31.2. The Morgan fingerprint density at radius 3 is 2.59 bits per heavy atom. The van der Waals surface area contributed by atoms with Crippen LogP contribution in [0.2, 0.25) is 0 Å². The van der Waals surface area contributed by atoms with Gasteiger partial charge in [0, 0.05) is 18.3 Å². The average molecular weight is 472 g/mol. The lowest BCUT2D eigenvalue weighted by Gasteiger charge is -2.12. The molecule has 0 aliphatic carbocycles. The molecule has 0 bridgehead atoms. The summed E-state index contributed by atoms with van der Waals surface area (Å²) < 4.78 is 58.7. The number of aryl methyl sites for hydroxylation is 1. The summed E-state index contributed by atoms with van der Waals surface area (Å²) in [5.74, 6) is -1.83. The fourth-order valence-electron chi connectivity index (χ4n) is 3.18. The van der Waals surface area contributed by atoms with Crippen molar-refractivity contribution in [3.05, 3.63) is 76.1 Å². The molecule has 0 radical (unpaired) electrons. The number of carbonyl (C=O) groups excluding carboxylic acids is 1. The van der Waals surface area contributed by atoms with Crippen LogP contribution in [0.5, 0.6) is 0 Å². The number of aromatic nitrogens is 3. The molecule has 2 heterocycles. The monoisotopic (exact) mass is 472 g/mol. The second-order valence-corrected chi connectivity index (χ2v) is 7.50. The Hall–Kier alpha value is -2.92. The maximum atomic E-state index is 13.7. The number of primary amides is 1. The molecule has 0 atom stereocenters. The van der Waals surface area contributed by atoms with E-state index in [0.717, 1.165) is 12.1 Å². The molecule has 0 saturated carbocycles.